The van der Waals surface area contributed by atoms with Crippen molar-refractivity contribution in [1.82, 2.24) is 4.98 Å². The van der Waals surface area contributed by atoms with E-state index >= 15 is 0 Å². The molecule has 14 heavy (non-hydrogen) atoms. The van der Waals surface area contributed by atoms with E-state index in [-0.39, 0.29) is 0 Å². The third-order valence-electron chi connectivity index (χ3n) is 1.32. The highest BCUT2D eigenvalue weighted by molar-refractivity contribution is 9.10. The Balaban J connectivity index is 3.53. The molecular formula is C6H5BrN2O4S. The number of hydrogen-bond donors (Lipinski definition) is 2. The van der Waals surface area contributed by atoms with Crippen LogP contribution in [0.1, 0.15) is 10.4 Å². The zero-order chi connectivity index (χ0) is 10.9. The molecular weight excluding hydrogens is 276 g/mol. The number of aromatic nitrogens is 1. The summed E-state index contributed by atoms with van der Waals surface area (Å²) in [4.78, 5) is 14.1. The first-order valence-corrected chi connectivity index (χ1v) is 5.58. The van der Waals surface area contributed by atoms with Crippen molar-refractivity contribution in [2.24, 2.45) is 5.14 Å². The van der Waals surface area contributed by atoms with Crippen LogP contribution in [-0.4, -0.2) is 24.5 Å². The summed E-state index contributed by atoms with van der Waals surface area (Å²) in [6.45, 7) is 0. The van der Waals surface area contributed by atoms with Gasteiger partial charge in [-0.15, -0.1) is 0 Å². The first kappa shape index (κ1) is 11.1. The van der Waals surface area contributed by atoms with Crippen molar-refractivity contribution in [2.75, 3.05) is 0 Å². The van der Waals surface area contributed by atoms with Crippen molar-refractivity contribution >= 4 is 31.9 Å². The number of carboxylic acid groups (broad SMARTS) is 1. The van der Waals surface area contributed by atoms with Crippen LogP contribution in [-0.2, 0) is 10.0 Å². The molecule has 0 amide bonds. The molecule has 3 N–H and O–H groups in total. The molecule has 8 heteroatoms. The molecule has 76 valence electrons. The van der Waals surface area contributed by atoms with Crippen molar-refractivity contribution in [3.8, 4) is 0 Å². The number of sulfonamides is 1. The first-order chi connectivity index (χ1) is 6.32. The van der Waals surface area contributed by atoms with Gasteiger partial charge in [0.2, 0.25) is 0 Å². The Labute approximate surface area is 87.9 Å². The van der Waals surface area contributed by atoms with E-state index in [1.54, 1.807) is 0 Å². The molecule has 0 saturated carbocycles. The summed E-state index contributed by atoms with van der Waals surface area (Å²) in [7, 11) is -4.11. The van der Waals surface area contributed by atoms with Gasteiger partial charge in [0.05, 0.1) is 5.56 Å². The molecule has 0 atom stereocenters. The Morgan fingerprint density at radius 1 is 1.57 bits per heavy atom. The Hall–Kier alpha value is -0.990. The van der Waals surface area contributed by atoms with Crippen LogP contribution in [0.5, 0.6) is 0 Å². The quantitative estimate of drug-likeness (QED) is 0.803. The molecule has 0 bridgehead atoms. The van der Waals surface area contributed by atoms with Gasteiger partial charge >= 0.3 is 5.97 Å². The van der Waals surface area contributed by atoms with E-state index in [0.29, 0.717) is 4.47 Å². The Morgan fingerprint density at radius 3 is 2.57 bits per heavy atom. The highest BCUT2D eigenvalue weighted by Crippen LogP contribution is 2.16. The van der Waals surface area contributed by atoms with E-state index in [9.17, 15) is 13.2 Å². The van der Waals surface area contributed by atoms with Crippen molar-refractivity contribution in [1.29, 1.82) is 0 Å². The number of hydrogen-bond acceptors (Lipinski definition) is 4. The highest BCUT2D eigenvalue weighted by Gasteiger charge is 2.20. The second kappa shape index (κ2) is 3.64. The number of pyridine rings is 1. The van der Waals surface area contributed by atoms with Gasteiger partial charge in [0.15, 0.2) is 5.03 Å². The molecule has 0 aliphatic carbocycles. The molecule has 0 aliphatic rings. The zero-order valence-electron chi connectivity index (χ0n) is 6.64. The number of aromatic carboxylic acids is 1. The van der Waals surface area contributed by atoms with Crippen LogP contribution in [0.4, 0.5) is 0 Å². The molecule has 0 unspecified atom stereocenters. The van der Waals surface area contributed by atoms with Crippen molar-refractivity contribution in [3.63, 3.8) is 0 Å². The van der Waals surface area contributed by atoms with Crippen LogP contribution in [0, 0.1) is 0 Å². The van der Waals surface area contributed by atoms with Crippen molar-refractivity contribution in [2.45, 2.75) is 5.03 Å². The Morgan fingerprint density at radius 2 is 2.14 bits per heavy atom. The molecule has 0 spiro atoms. The number of nitrogens with zero attached hydrogens (tertiary/aromatic N) is 1. The molecule has 1 aromatic heterocycles. The molecule has 0 fully saturated rings. The maximum atomic E-state index is 10.9. The summed E-state index contributed by atoms with van der Waals surface area (Å²) in [5, 5.41) is 12.8. The van der Waals surface area contributed by atoms with E-state index in [2.05, 4.69) is 20.9 Å². The number of rotatable bonds is 2. The van der Waals surface area contributed by atoms with Gasteiger partial charge in [-0.3, -0.25) is 0 Å². The number of primary sulfonamides is 1. The van der Waals surface area contributed by atoms with Gasteiger partial charge in [-0.25, -0.2) is 23.3 Å². The summed E-state index contributed by atoms with van der Waals surface area (Å²) in [6, 6.07) is 1.12. The van der Waals surface area contributed by atoms with Gasteiger partial charge in [-0.1, -0.05) is 0 Å². The average molecular weight is 281 g/mol. The lowest BCUT2D eigenvalue weighted by Crippen LogP contribution is -2.18. The fourth-order valence-corrected chi connectivity index (χ4v) is 1.79. The largest absolute Gasteiger partial charge is 0.478 e. The van der Waals surface area contributed by atoms with Crippen molar-refractivity contribution < 1.29 is 18.3 Å². The molecule has 1 heterocycles. The second-order valence-electron chi connectivity index (χ2n) is 2.36. The van der Waals surface area contributed by atoms with E-state index in [1.807, 2.05) is 0 Å². The smallest absolute Gasteiger partial charge is 0.338 e. The fourth-order valence-electron chi connectivity index (χ4n) is 0.807. The van der Waals surface area contributed by atoms with Crippen LogP contribution < -0.4 is 5.14 Å². The number of halogens is 1. The average Bonchev–Trinajstić information content (AvgIpc) is 2.01. The molecule has 6 nitrogen and oxygen atoms in total. The highest BCUT2D eigenvalue weighted by atomic mass is 79.9. The molecule has 1 aromatic rings. The maximum absolute atomic E-state index is 10.9. The zero-order valence-corrected chi connectivity index (χ0v) is 9.04. The van der Waals surface area contributed by atoms with E-state index < -0.39 is 26.6 Å². The van der Waals surface area contributed by atoms with Crippen molar-refractivity contribution in [3.05, 3.63) is 22.3 Å². The molecule has 0 radical (unpaired) electrons. The predicted octanol–water partition coefficient (Wildman–Crippen LogP) is 0.190. The SMILES string of the molecule is NS(=O)(=O)c1ncc(Br)cc1C(=O)O. The summed E-state index contributed by atoms with van der Waals surface area (Å²) in [5.74, 6) is -1.40. The molecule has 0 aliphatic heterocycles. The van der Waals surface area contributed by atoms with Gasteiger partial charge < -0.3 is 5.11 Å². The fraction of sp³-hybridized carbons (Fsp3) is 0. The number of carboxylic acids is 1. The predicted molar refractivity (Wildman–Crippen MR) is 50.3 cm³/mol. The minimum Gasteiger partial charge on any atom is -0.478 e. The summed E-state index contributed by atoms with van der Waals surface area (Å²) < 4.78 is 22.2. The monoisotopic (exact) mass is 280 g/mol. The topological polar surface area (TPSA) is 110 Å². The lowest BCUT2D eigenvalue weighted by atomic mass is 10.3. The third-order valence-corrected chi connectivity index (χ3v) is 2.62. The minimum absolute atomic E-state index is 0.363. The first-order valence-electron chi connectivity index (χ1n) is 3.24. The van der Waals surface area contributed by atoms with Crippen LogP contribution in [0.25, 0.3) is 0 Å². The molecule has 0 saturated heterocycles. The number of carbonyl (C=O) groups is 1. The van der Waals surface area contributed by atoms with Crippen LogP contribution in [0.15, 0.2) is 21.8 Å². The summed E-state index contributed by atoms with van der Waals surface area (Å²) in [5.41, 5.74) is -0.457. The van der Waals surface area contributed by atoms with E-state index in [4.69, 9.17) is 10.2 Å². The Bertz CT molecular complexity index is 485. The van der Waals surface area contributed by atoms with Gasteiger partial charge in [-0.05, 0) is 22.0 Å². The van der Waals surface area contributed by atoms with Gasteiger partial charge in [0.1, 0.15) is 0 Å². The molecule has 0 aromatic carbocycles. The normalized spacial score (nSPS) is 11.3. The van der Waals surface area contributed by atoms with E-state index in [1.165, 1.54) is 0 Å². The summed E-state index contributed by atoms with van der Waals surface area (Å²) in [6.07, 6.45) is 1.16. The van der Waals surface area contributed by atoms with Crippen LogP contribution >= 0.6 is 15.9 Å². The lowest BCUT2D eigenvalue weighted by molar-refractivity contribution is 0.0691. The maximum Gasteiger partial charge on any atom is 0.338 e. The minimum atomic E-state index is -4.11. The number of nitrogens with two attached hydrogens (primary N) is 1. The van der Waals surface area contributed by atoms with Gasteiger partial charge in [0, 0.05) is 10.7 Å². The van der Waals surface area contributed by atoms with Gasteiger partial charge in [-0.2, -0.15) is 0 Å². The third kappa shape index (κ3) is 2.28. The van der Waals surface area contributed by atoms with Gasteiger partial charge in [0.25, 0.3) is 10.0 Å². The lowest BCUT2D eigenvalue weighted by Gasteiger charge is -2.02. The van der Waals surface area contributed by atoms with E-state index in [0.717, 1.165) is 12.3 Å². The van der Waals surface area contributed by atoms with Crippen LogP contribution in [0.3, 0.4) is 0 Å². The second-order valence-corrected chi connectivity index (χ2v) is 4.75. The summed E-state index contributed by atoms with van der Waals surface area (Å²) >= 11 is 2.97. The standard InChI is InChI=1S/C6H5BrN2O4S/c7-3-1-4(6(10)11)5(9-2-3)14(8,12)13/h1-2H,(H,10,11)(H2,8,12,13). The van der Waals surface area contributed by atoms with Crippen LogP contribution in [0.2, 0.25) is 0 Å². The molecule has 1 rings (SSSR count). The Kier molecular flexibility index (Phi) is 2.88.